The molecule has 0 bridgehead atoms. The van der Waals surface area contributed by atoms with E-state index < -0.39 is 0 Å². The number of hydrogen-bond donors (Lipinski definition) is 2. The number of nitrogens with two attached hydrogens (primary N) is 1. The van der Waals surface area contributed by atoms with Gasteiger partial charge in [0.05, 0.1) is 30.6 Å². The lowest BCUT2D eigenvalue weighted by molar-refractivity contribution is 0.206. The van der Waals surface area contributed by atoms with Gasteiger partial charge in [-0.15, -0.1) is 0 Å². The lowest BCUT2D eigenvalue weighted by Gasteiger charge is -2.29. The Morgan fingerprint density at radius 1 is 1.15 bits per heavy atom. The molecule has 0 spiro atoms. The first-order valence-corrected chi connectivity index (χ1v) is 11.7. The molecular formula is C24H28BrN5O4. The molecule has 0 fully saturated rings. The summed E-state index contributed by atoms with van der Waals surface area (Å²) in [7, 11) is 5.08. The van der Waals surface area contributed by atoms with E-state index in [1.165, 1.54) is 0 Å². The van der Waals surface area contributed by atoms with Crippen molar-refractivity contribution >= 4 is 27.6 Å². The van der Waals surface area contributed by atoms with Crippen molar-refractivity contribution in [3.05, 3.63) is 52.1 Å². The third-order valence-corrected chi connectivity index (χ3v) is 6.34. The zero-order chi connectivity index (χ0) is 24.2. The molecule has 2 heterocycles. The molecule has 2 amide bonds. The largest absolute Gasteiger partial charge is 0.493 e. The van der Waals surface area contributed by atoms with Crippen LogP contribution < -0.4 is 25.3 Å². The Bertz CT molecular complexity index is 1180. The van der Waals surface area contributed by atoms with E-state index >= 15 is 0 Å². The van der Waals surface area contributed by atoms with Gasteiger partial charge in [0.1, 0.15) is 12.4 Å². The van der Waals surface area contributed by atoms with Crippen molar-refractivity contribution in [2.24, 2.45) is 12.8 Å². The second kappa shape index (κ2) is 10.4. The number of amides is 2. The summed E-state index contributed by atoms with van der Waals surface area (Å²) in [5.74, 6) is 2.02. The number of nitrogens with one attached hydrogen (secondary N) is 1. The number of ether oxygens (including phenoxy) is 3. The number of fused-ring (bicyclic) bond motifs is 1. The fourth-order valence-corrected chi connectivity index (χ4v) is 4.62. The lowest BCUT2D eigenvalue weighted by atomic mass is 9.99. The number of carbonyl (C=O) groups is 1. The van der Waals surface area contributed by atoms with Gasteiger partial charge in [-0.25, -0.2) is 4.79 Å². The van der Waals surface area contributed by atoms with Crippen LogP contribution in [0.2, 0.25) is 0 Å². The molecule has 0 saturated carbocycles. The van der Waals surface area contributed by atoms with E-state index in [9.17, 15) is 4.79 Å². The molecule has 1 aromatic heterocycles. The summed E-state index contributed by atoms with van der Waals surface area (Å²) in [6.45, 7) is 1.87. The number of hydrogen-bond acceptors (Lipinski definition) is 6. The fourth-order valence-electron chi connectivity index (χ4n) is 4.06. The van der Waals surface area contributed by atoms with Gasteiger partial charge in [0.15, 0.2) is 11.5 Å². The van der Waals surface area contributed by atoms with E-state index in [-0.39, 0.29) is 6.03 Å². The van der Waals surface area contributed by atoms with Crippen molar-refractivity contribution in [2.75, 3.05) is 39.2 Å². The number of anilines is 1. The number of urea groups is 1. The van der Waals surface area contributed by atoms with Crippen LogP contribution in [0.5, 0.6) is 17.2 Å². The molecule has 2 aromatic carbocycles. The van der Waals surface area contributed by atoms with Crippen LogP contribution in [0.25, 0.3) is 11.3 Å². The van der Waals surface area contributed by atoms with E-state index in [1.807, 2.05) is 37.4 Å². The van der Waals surface area contributed by atoms with Crippen LogP contribution in [-0.2, 0) is 20.0 Å². The highest BCUT2D eigenvalue weighted by atomic mass is 79.9. The van der Waals surface area contributed by atoms with Crippen molar-refractivity contribution in [3.8, 4) is 28.5 Å². The van der Waals surface area contributed by atoms with Gasteiger partial charge in [-0.3, -0.25) is 4.68 Å². The number of nitrogens with zero attached hydrogens (tertiary/aromatic N) is 3. The molecule has 3 aromatic rings. The Morgan fingerprint density at radius 2 is 1.88 bits per heavy atom. The van der Waals surface area contributed by atoms with E-state index in [0.717, 1.165) is 33.3 Å². The van der Waals surface area contributed by atoms with Gasteiger partial charge in [0.2, 0.25) is 0 Å². The van der Waals surface area contributed by atoms with Gasteiger partial charge in [0.25, 0.3) is 0 Å². The summed E-state index contributed by atoms with van der Waals surface area (Å²) in [6, 6.07) is 9.30. The molecule has 0 saturated heterocycles. The van der Waals surface area contributed by atoms with Gasteiger partial charge < -0.3 is 30.2 Å². The maximum atomic E-state index is 13.1. The Kier molecular flexibility index (Phi) is 7.28. The average molecular weight is 530 g/mol. The van der Waals surface area contributed by atoms with Crippen LogP contribution in [0.3, 0.4) is 0 Å². The molecule has 3 N–H and O–H groups in total. The molecule has 0 aliphatic carbocycles. The summed E-state index contributed by atoms with van der Waals surface area (Å²) in [4.78, 5) is 14.9. The van der Waals surface area contributed by atoms with Crippen molar-refractivity contribution in [2.45, 2.75) is 13.0 Å². The highest BCUT2D eigenvalue weighted by Crippen LogP contribution is 2.37. The minimum Gasteiger partial charge on any atom is -0.493 e. The normalized spacial score (nSPS) is 12.8. The second-order valence-corrected chi connectivity index (χ2v) is 8.74. The smallest absolute Gasteiger partial charge is 0.322 e. The molecule has 0 atom stereocenters. The molecular weight excluding hydrogens is 502 g/mol. The lowest BCUT2D eigenvalue weighted by Crippen LogP contribution is -2.38. The molecule has 10 heteroatoms. The highest BCUT2D eigenvalue weighted by Gasteiger charge is 2.24. The highest BCUT2D eigenvalue weighted by molar-refractivity contribution is 9.10. The quantitative estimate of drug-likeness (QED) is 0.482. The zero-order valence-electron chi connectivity index (χ0n) is 19.4. The molecule has 0 radical (unpaired) electrons. The number of benzene rings is 2. The maximum Gasteiger partial charge on any atom is 0.322 e. The second-order valence-electron chi connectivity index (χ2n) is 7.89. The SMILES string of the molecule is COc1cc2c(cc1OC)CN(C(=O)Nc1ccc(OCCN)c(-c3c(Br)cnn3C)c1)CC2. The van der Waals surface area contributed by atoms with Gasteiger partial charge >= 0.3 is 6.03 Å². The number of aryl methyl sites for hydroxylation is 1. The number of aromatic nitrogens is 2. The van der Waals surface area contributed by atoms with Crippen LogP contribution in [0.15, 0.2) is 41.0 Å². The summed E-state index contributed by atoms with van der Waals surface area (Å²) in [5, 5.41) is 7.32. The van der Waals surface area contributed by atoms with Gasteiger partial charge in [0, 0.05) is 37.9 Å². The Morgan fingerprint density at radius 3 is 2.53 bits per heavy atom. The van der Waals surface area contributed by atoms with E-state index in [2.05, 4.69) is 26.3 Å². The minimum atomic E-state index is -0.175. The first-order valence-electron chi connectivity index (χ1n) is 10.9. The number of carbonyl (C=O) groups excluding carboxylic acids is 1. The summed E-state index contributed by atoms with van der Waals surface area (Å²) in [5.41, 5.74) is 10.1. The molecule has 1 aliphatic rings. The average Bonchev–Trinajstić information content (AvgIpc) is 3.19. The molecule has 0 unspecified atom stereocenters. The van der Waals surface area contributed by atoms with E-state index in [1.54, 1.807) is 30.0 Å². The Labute approximate surface area is 206 Å². The van der Waals surface area contributed by atoms with Crippen molar-refractivity contribution < 1.29 is 19.0 Å². The minimum absolute atomic E-state index is 0.175. The van der Waals surface area contributed by atoms with Crippen LogP contribution >= 0.6 is 15.9 Å². The standard InChI is InChI=1S/C24H28BrN5O4/c1-29-23(19(25)13-27-29)18-12-17(4-5-20(18)34-9-7-26)28-24(31)30-8-6-15-10-21(32-2)22(33-3)11-16(15)14-30/h4-5,10-13H,6-9,14,26H2,1-3H3,(H,28,31). The van der Waals surface area contributed by atoms with Gasteiger partial charge in [-0.2, -0.15) is 5.10 Å². The third kappa shape index (κ3) is 4.83. The van der Waals surface area contributed by atoms with Crippen LogP contribution in [0, 0.1) is 0 Å². The third-order valence-electron chi connectivity index (χ3n) is 5.76. The fraction of sp³-hybridized carbons (Fsp3) is 0.333. The number of halogens is 1. The van der Waals surface area contributed by atoms with E-state index in [0.29, 0.717) is 49.2 Å². The zero-order valence-corrected chi connectivity index (χ0v) is 21.0. The number of rotatable bonds is 7. The first-order chi connectivity index (χ1) is 16.4. The van der Waals surface area contributed by atoms with Gasteiger partial charge in [-0.1, -0.05) is 0 Å². The molecule has 34 heavy (non-hydrogen) atoms. The van der Waals surface area contributed by atoms with Crippen LogP contribution in [-0.4, -0.2) is 54.6 Å². The Balaban J connectivity index is 1.56. The first kappa shape index (κ1) is 23.9. The molecule has 9 nitrogen and oxygen atoms in total. The van der Waals surface area contributed by atoms with Crippen molar-refractivity contribution in [1.82, 2.24) is 14.7 Å². The maximum absolute atomic E-state index is 13.1. The van der Waals surface area contributed by atoms with Crippen LogP contribution in [0.1, 0.15) is 11.1 Å². The molecule has 4 rings (SSSR count). The van der Waals surface area contributed by atoms with Gasteiger partial charge in [-0.05, 0) is 63.8 Å². The van der Waals surface area contributed by atoms with Crippen LogP contribution in [0.4, 0.5) is 10.5 Å². The predicted octanol–water partition coefficient (Wildman–Crippen LogP) is 3.79. The van der Waals surface area contributed by atoms with E-state index in [4.69, 9.17) is 19.9 Å². The monoisotopic (exact) mass is 529 g/mol. The molecule has 180 valence electrons. The molecule has 1 aliphatic heterocycles. The summed E-state index contributed by atoms with van der Waals surface area (Å²) < 4.78 is 19.3. The number of methoxy groups -OCH3 is 2. The van der Waals surface area contributed by atoms with Crippen molar-refractivity contribution in [1.29, 1.82) is 0 Å². The van der Waals surface area contributed by atoms with Crippen molar-refractivity contribution in [3.63, 3.8) is 0 Å². The Hall–Kier alpha value is -3.24. The summed E-state index contributed by atoms with van der Waals surface area (Å²) >= 11 is 3.55. The topological polar surface area (TPSA) is 104 Å². The predicted molar refractivity (Wildman–Crippen MR) is 134 cm³/mol. The summed E-state index contributed by atoms with van der Waals surface area (Å²) in [6.07, 6.45) is 2.46.